The van der Waals surface area contributed by atoms with Crippen molar-refractivity contribution in [3.8, 4) is 5.75 Å². The molecule has 1 saturated heterocycles. The second-order valence-corrected chi connectivity index (χ2v) is 5.12. The summed E-state index contributed by atoms with van der Waals surface area (Å²) in [4.78, 5) is 12.3. The molecule has 2 rings (SSSR count). The van der Waals surface area contributed by atoms with E-state index in [1.165, 1.54) is 0 Å². The number of ether oxygens (including phenoxy) is 2. The SMILES string of the molecule is CCOc1ccc(NC(=O)C2CCOC2CC)cc1CO. The molecule has 0 bridgehead atoms. The summed E-state index contributed by atoms with van der Waals surface area (Å²) in [7, 11) is 0. The average molecular weight is 293 g/mol. The van der Waals surface area contributed by atoms with Crippen molar-refractivity contribution in [2.24, 2.45) is 5.92 Å². The van der Waals surface area contributed by atoms with Gasteiger partial charge in [0.25, 0.3) is 0 Å². The first-order valence-electron chi connectivity index (χ1n) is 7.48. The van der Waals surface area contributed by atoms with Crippen LogP contribution in [0.3, 0.4) is 0 Å². The first-order chi connectivity index (χ1) is 10.2. The van der Waals surface area contributed by atoms with Gasteiger partial charge >= 0.3 is 0 Å². The molecule has 1 aromatic rings. The number of benzene rings is 1. The van der Waals surface area contributed by atoms with Crippen LogP contribution in [-0.4, -0.2) is 30.3 Å². The maximum absolute atomic E-state index is 12.3. The fourth-order valence-electron chi connectivity index (χ4n) is 2.66. The minimum absolute atomic E-state index is 0.00464. The molecule has 0 radical (unpaired) electrons. The minimum atomic E-state index is -0.122. The van der Waals surface area contributed by atoms with E-state index in [-0.39, 0.29) is 24.5 Å². The monoisotopic (exact) mass is 293 g/mol. The van der Waals surface area contributed by atoms with Gasteiger partial charge < -0.3 is 19.9 Å². The molecule has 0 spiro atoms. The molecule has 2 N–H and O–H groups in total. The number of aliphatic hydroxyl groups is 1. The third kappa shape index (κ3) is 3.74. The van der Waals surface area contributed by atoms with Gasteiger partial charge in [-0.05, 0) is 38.0 Å². The second-order valence-electron chi connectivity index (χ2n) is 5.12. The highest BCUT2D eigenvalue weighted by molar-refractivity contribution is 5.93. The molecule has 2 atom stereocenters. The van der Waals surface area contributed by atoms with Gasteiger partial charge in [0.2, 0.25) is 5.91 Å². The summed E-state index contributed by atoms with van der Waals surface area (Å²) in [6.45, 7) is 4.97. The Morgan fingerprint density at radius 1 is 1.48 bits per heavy atom. The molecule has 0 aromatic heterocycles. The van der Waals surface area contributed by atoms with E-state index in [1.54, 1.807) is 18.2 Å². The Labute approximate surface area is 125 Å². The van der Waals surface area contributed by atoms with Gasteiger partial charge in [0.15, 0.2) is 0 Å². The highest BCUT2D eigenvalue weighted by atomic mass is 16.5. The number of amides is 1. The topological polar surface area (TPSA) is 67.8 Å². The van der Waals surface area contributed by atoms with Crippen molar-refractivity contribution >= 4 is 11.6 Å². The molecule has 1 aliphatic heterocycles. The second kappa shape index (κ2) is 7.43. The summed E-state index contributed by atoms with van der Waals surface area (Å²) in [5.74, 6) is 0.528. The summed E-state index contributed by atoms with van der Waals surface area (Å²) in [5.41, 5.74) is 1.35. The van der Waals surface area contributed by atoms with Crippen LogP contribution in [0.4, 0.5) is 5.69 Å². The van der Waals surface area contributed by atoms with Crippen LogP contribution >= 0.6 is 0 Å². The summed E-state index contributed by atoms with van der Waals surface area (Å²) in [6, 6.07) is 5.31. The van der Waals surface area contributed by atoms with E-state index in [9.17, 15) is 9.90 Å². The molecule has 1 heterocycles. The summed E-state index contributed by atoms with van der Waals surface area (Å²) in [6.07, 6.45) is 1.60. The maximum Gasteiger partial charge on any atom is 0.230 e. The fourth-order valence-corrected chi connectivity index (χ4v) is 2.66. The number of hydrogen-bond acceptors (Lipinski definition) is 4. The number of hydrogen-bond donors (Lipinski definition) is 2. The molecular weight excluding hydrogens is 270 g/mol. The molecule has 1 aromatic carbocycles. The van der Waals surface area contributed by atoms with Crippen molar-refractivity contribution in [1.29, 1.82) is 0 Å². The van der Waals surface area contributed by atoms with Crippen molar-refractivity contribution in [1.82, 2.24) is 0 Å². The molecule has 5 nitrogen and oxygen atoms in total. The number of nitrogens with one attached hydrogen (secondary N) is 1. The van der Waals surface area contributed by atoms with Gasteiger partial charge in [-0.3, -0.25) is 4.79 Å². The van der Waals surface area contributed by atoms with Crippen LogP contribution in [0.25, 0.3) is 0 Å². The highest BCUT2D eigenvalue weighted by Crippen LogP contribution is 2.27. The molecule has 5 heteroatoms. The van der Waals surface area contributed by atoms with E-state index in [2.05, 4.69) is 5.32 Å². The molecular formula is C16H23NO4. The van der Waals surface area contributed by atoms with Gasteiger partial charge in [-0.1, -0.05) is 6.92 Å². The van der Waals surface area contributed by atoms with Crippen LogP contribution < -0.4 is 10.1 Å². The summed E-state index contributed by atoms with van der Waals surface area (Å²) in [5, 5.41) is 12.3. The molecule has 1 aliphatic rings. The number of aliphatic hydroxyl groups excluding tert-OH is 1. The molecule has 116 valence electrons. The standard InChI is InChI=1S/C16H23NO4/c1-3-14-13(7-8-21-14)16(19)17-12-5-6-15(20-4-2)11(9-12)10-18/h5-6,9,13-14,18H,3-4,7-8,10H2,1-2H3,(H,17,19). The van der Waals surface area contributed by atoms with E-state index >= 15 is 0 Å². The zero-order valence-electron chi connectivity index (χ0n) is 12.6. The van der Waals surface area contributed by atoms with Crippen molar-refractivity contribution in [3.05, 3.63) is 23.8 Å². The van der Waals surface area contributed by atoms with E-state index in [0.717, 1.165) is 12.8 Å². The number of carbonyl (C=O) groups excluding carboxylic acids is 1. The zero-order chi connectivity index (χ0) is 15.2. The van der Waals surface area contributed by atoms with Crippen LogP contribution in [0, 0.1) is 5.92 Å². The van der Waals surface area contributed by atoms with E-state index < -0.39 is 0 Å². The van der Waals surface area contributed by atoms with Crippen LogP contribution in [0.5, 0.6) is 5.75 Å². The first kappa shape index (κ1) is 15.8. The quantitative estimate of drug-likeness (QED) is 0.844. The Kier molecular flexibility index (Phi) is 5.59. The Balaban J connectivity index is 2.07. The van der Waals surface area contributed by atoms with Crippen LogP contribution in [-0.2, 0) is 16.1 Å². The van der Waals surface area contributed by atoms with Crippen molar-refractivity contribution in [3.63, 3.8) is 0 Å². The number of rotatable bonds is 6. The Hall–Kier alpha value is -1.59. The Morgan fingerprint density at radius 3 is 2.95 bits per heavy atom. The third-order valence-electron chi connectivity index (χ3n) is 3.75. The Morgan fingerprint density at radius 2 is 2.29 bits per heavy atom. The van der Waals surface area contributed by atoms with Gasteiger partial charge in [-0.2, -0.15) is 0 Å². The van der Waals surface area contributed by atoms with Crippen LogP contribution in [0.2, 0.25) is 0 Å². The van der Waals surface area contributed by atoms with Crippen LogP contribution in [0.15, 0.2) is 18.2 Å². The molecule has 21 heavy (non-hydrogen) atoms. The van der Waals surface area contributed by atoms with E-state index in [4.69, 9.17) is 9.47 Å². The fraction of sp³-hybridized carbons (Fsp3) is 0.562. The lowest BCUT2D eigenvalue weighted by Crippen LogP contribution is -2.29. The molecule has 0 aliphatic carbocycles. The van der Waals surface area contributed by atoms with Gasteiger partial charge in [0.1, 0.15) is 5.75 Å². The lowest BCUT2D eigenvalue weighted by Gasteiger charge is -2.17. The normalized spacial score (nSPS) is 21.3. The highest BCUT2D eigenvalue weighted by Gasteiger charge is 2.32. The lowest BCUT2D eigenvalue weighted by atomic mass is 9.98. The number of carbonyl (C=O) groups is 1. The predicted molar refractivity (Wildman–Crippen MR) is 80.3 cm³/mol. The van der Waals surface area contributed by atoms with Gasteiger partial charge in [0, 0.05) is 17.9 Å². The summed E-state index contributed by atoms with van der Waals surface area (Å²) >= 11 is 0. The maximum atomic E-state index is 12.3. The van der Waals surface area contributed by atoms with Gasteiger partial charge in [0.05, 0.1) is 25.2 Å². The zero-order valence-corrected chi connectivity index (χ0v) is 12.6. The van der Waals surface area contributed by atoms with Crippen molar-refractivity contribution in [2.75, 3.05) is 18.5 Å². The van der Waals surface area contributed by atoms with Crippen molar-refractivity contribution < 1.29 is 19.4 Å². The number of anilines is 1. The van der Waals surface area contributed by atoms with Gasteiger partial charge in [-0.25, -0.2) is 0 Å². The molecule has 1 amide bonds. The molecule has 1 fully saturated rings. The first-order valence-corrected chi connectivity index (χ1v) is 7.48. The third-order valence-corrected chi connectivity index (χ3v) is 3.75. The van der Waals surface area contributed by atoms with E-state index in [1.807, 2.05) is 13.8 Å². The Bertz CT molecular complexity index is 489. The predicted octanol–water partition coefficient (Wildman–Crippen LogP) is 2.33. The van der Waals surface area contributed by atoms with E-state index in [0.29, 0.717) is 30.2 Å². The smallest absolute Gasteiger partial charge is 0.230 e. The lowest BCUT2D eigenvalue weighted by molar-refractivity contribution is -0.121. The van der Waals surface area contributed by atoms with Crippen molar-refractivity contribution in [2.45, 2.75) is 39.4 Å². The van der Waals surface area contributed by atoms with Crippen LogP contribution in [0.1, 0.15) is 32.3 Å². The largest absolute Gasteiger partial charge is 0.494 e. The molecule has 0 saturated carbocycles. The molecule has 2 unspecified atom stereocenters. The average Bonchev–Trinajstić information content (AvgIpc) is 2.97. The minimum Gasteiger partial charge on any atom is -0.494 e. The summed E-state index contributed by atoms with van der Waals surface area (Å²) < 4.78 is 11.0. The van der Waals surface area contributed by atoms with Gasteiger partial charge in [-0.15, -0.1) is 0 Å².